The zero-order chi connectivity index (χ0) is 17.4. The van der Waals surface area contributed by atoms with Crippen molar-refractivity contribution < 1.29 is 18.9 Å². The predicted molar refractivity (Wildman–Crippen MR) is 92.1 cm³/mol. The van der Waals surface area contributed by atoms with Gasteiger partial charge in [0.2, 0.25) is 0 Å². The van der Waals surface area contributed by atoms with E-state index in [1.807, 2.05) is 19.1 Å². The molecule has 5 heteroatoms. The lowest BCUT2D eigenvalue weighted by atomic mass is 9.92. The summed E-state index contributed by atoms with van der Waals surface area (Å²) < 4.78 is 22.1. The van der Waals surface area contributed by atoms with Gasteiger partial charge in [-0.15, -0.1) is 0 Å². The second kappa shape index (κ2) is 9.63. The van der Waals surface area contributed by atoms with Gasteiger partial charge in [-0.3, -0.25) is 0 Å². The van der Waals surface area contributed by atoms with Crippen LogP contribution >= 0.6 is 0 Å². The lowest BCUT2D eigenvalue weighted by molar-refractivity contribution is -0.0850. The molecule has 0 aromatic carbocycles. The van der Waals surface area contributed by atoms with Crippen LogP contribution in [0, 0.1) is 11.8 Å². The standard InChI is InChI=1S/C19H27NO4/c1-14(2)23-18-10-19(11-18)24-17-8-7-16(20-12-17)6-5-9-22-15(3)13-21-4/h7-8,12,14-15,18-19H,9-11,13H2,1-4H3. The maximum absolute atomic E-state index is 5.87. The van der Waals surface area contributed by atoms with E-state index in [-0.39, 0.29) is 18.3 Å². The van der Waals surface area contributed by atoms with E-state index in [9.17, 15) is 0 Å². The average Bonchev–Trinajstić information content (AvgIpc) is 2.51. The van der Waals surface area contributed by atoms with Gasteiger partial charge < -0.3 is 18.9 Å². The van der Waals surface area contributed by atoms with E-state index in [2.05, 4.69) is 30.7 Å². The molecule has 5 nitrogen and oxygen atoms in total. The summed E-state index contributed by atoms with van der Waals surface area (Å²) in [7, 11) is 1.65. The van der Waals surface area contributed by atoms with E-state index >= 15 is 0 Å². The van der Waals surface area contributed by atoms with Gasteiger partial charge in [-0.25, -0.2) is 4.98 Å². The van der Waals surface area contributed by atoms with Crippen molar-refractivity contribution in [2.45, 2.75) is 58.0 Å². The molecular weight excluding hydrogens is 306 g/mol. The summed E-state index contributed by atoms with van der Waals surface area (Å²) in [4.78, 5) is 4.30. The van der Waals surface area contributed by atoms with E-state index in [0.717, 1.165) is 18.6 Å². The highest BCUT2D eigenvalue weighted by Gasteiger charge is 2.32. The molecule has 0 radical (unpaired) electrons. The average molecular weight is 333 g/mol. The molecule has 132 valence electrons. The zero-order valence-corrected chi connectivity index (χ0v) is 15.0. The maximum Gasteiger partial charge on any atom is 0.138 e. The predicted octanol–water partition coefficient (Wildman–Crippen LogP) is 2.82. The molecule has 24 heavy (non-hydrogen) atoms. The van der Waals surface area contributed by atoms with Crippen LogP contribution in [0.5, 0.6) is 5.75 Å². The van der Waals surface area contributed by atoms with Crippen molar-refractivity contribution in [3.8, 4) is 17.6 Å². The lowest BCUT2D eigenvalue weighted by Gasteiger charge is -2.36. The van der Waals surface area contributed by atoms with Crippen LogP contribution in [0.15, 0.2) is 18.3 Å². The topological polar surface area (TPSA) is 49.8 Å². The van der Waals surface area contributed by atoms with E-state index in [1.54, 1.807) is 13.3 Å². The Morgan fingerprint density at radius 2 is 2.00 bits per heavy atom. The number of methoxy groups -OCH3 is 1. The summed E-state index contributed by atoms with van der Waals surface area (Å²) in [5.74, 6) is 6.70. The number of hydrogen-bond donors (Lipinski definition) is 0. The number of hydrogen-bond acceptors (Lipinski definition) is 5. The molecule has 1 aliphatic rings. The van der Waals surface area contributed by atoms with Crippen molar-refractivity contribution in [2.24, 2.45) is 0 Å². The summed E-state index contributed by atoms with van der Waals surface area (Å²) in [6.45, 7) is 7.00. The van der Waals surface area contributed by atoms with Crippen LogP contribution in [0.3, 0.4) is 0 Å². The third-order valence-corrected chi connectivity index (χ3v) is 3.61. The second-order valence-electron chi connectivity index (χ2n) is 6.28. The van der Waals surface area contributed by atoms with Crippen LogP contribution in [-0.2, 0) is 14.2 Å². The first-order valence-corrected chi connectivity index (χ1v) is 8.44. The van der Waals surface area contributed by atoms with Gasteiger partial charge in [0.15, 0.2) is 0 Å². The highest BCUT2D eigenvalue weighted by molar-refractivity contribution is 5.31. The smallest absolute Gasteiger partial charge is 0.138 e. The van der Waals surface area contributed by atoms with Gasteiger partial charge in [0.05, 0.1) is 31.1 Å². The monoisotopic (exact) mass is 333 g/mol. The number of pyridine rings is 1. The Kier molecular flexibility index (Phi) is 7.51. The molecule has 0 N–H and O–H groups in total. The van der Waals surface area contributed by atoms with Gasteiger partial charge in [-0.2, -0.15) is 0 Å². The number of rotatable bonds is 8. The third-order valence-electron chi connectivity index (χ3n) is 3.61. The molecule has 0 saturated heterocycles. The van der Waals surface area contributed by atoms with E-state index in [1.165, 1.54) is 0 Å². The van der Waals surface area contributed by atoms with Gasteiger partial charge in [-0.1, -0.05) is 5.92 Å². The van der Waals surface area contributed by atoms with Crippen LogP contribution in [0.2, 0.25) is 0 Å². The minimum atomic E-state index is 0.0408. The lowest BCUT2D eigenvalue weighted by Crippen LogP contribution is -2.40. The first kappa shape index (κ1) is 18.7. The minimum absolute atomic E-state index is 0.0408. The highest BCUT2D eigenvalue weighted by Crippen LogP contribution is 2.28. The van der Waals surface area contributed by atoms with E-state index in [0.29, 0.717) is 25.0 Å². The van der Waals surface area contributed by atoms with Gasteiger partial charge in [-0.05, 0) is 38.8 Å². The summed E-state index contributed by atoms with van der Waals surface area (Å²) >= 11 is 0. The number of aromatic nitrogens is 1. The van der Waals surface area contributed by atoms with Crippen LogP contribution in [0.1, 0.15) is 39.3 Å². The van der Waals surface area contributed by atoms with Gasteiger partial charge in [0, 0.05) is 20.0 Å². The Bertz CT molecular complexity index is 541. The molecule has 0 spiro atoms. The van der Waals surface area contributed by atoms with Crippen LogP contribution in [0.4, 0.5) is 0 Å². The maximum atomic E-state index is 5.87. The van der Waals surface area contributed by atoms with Crippen molar-refractivity contribution in [1.82, 2.24) is 4.98 Å². The largest absolute Gasteiger partial charge is 0.489 e. The summed E-state index contributed by atoms with van der Waals surface area (Å²) in [6, 6.07) is 3.77. The third kappa shape index (κ3) is 6.48. The van der Waals surface area contributed by atoms with Gasteiger partial charge in [0.1, 0.15) is 24.2 Å². The fraction of sp³-hybridized carbons (Fsp3) is 0.632. The van der Waals surface area contributed by atoms with Crippen molar-refractivity contribution in [3.05, 3.63) is 24.0 Å². The van der Waals surface area contributed by atoms with E-state index < -0.39 is 0 Å². The number of ether oxygens (including phenoxy) is 4. The molecular formula is C19H27NO4. The van der Waals surface area contributed by atoms with Crippen molar-refractivity contribution >= 4 is 0 Å². The molecule has 1 unspecified atom stereocenters. The van der Waals surface area contributed by atoms with Crippen LogP contribution in [0.25, 0.3) is 0 Å². The van der Waals surface area contributed by atoms with Gasteiger partial charge >= 0.3 is 0 Å². The van der Waals surface area contributed by atoms with Crippen LogP contribution < -0.4 is 4.74 Å². The Labute approximate surface area is 144 Å². The molecule has 1 aromatic heterocycles. The van der Waals surface area contributed by atoms with Gasteiger partial charge in [0.25, 0.3) is 0 Å². The Balaban J connectivity index is 1.70. The zero-order valence-electron chi connectivity index (χ0n) is 15.0. The molecule has 1 saturated carbocycles. The Morgan fingerprint density at radius 1 is 1.21 bits per heavy atom. The van der Waals surface area contributed by atoms with Crippen molar-refractivity contribution in [2.75, 3.05) is 20.3 Å². The molecule has 1 aromatic rings. The fourth-order valence-corrected chi connectivity index (χ4v) is 2.42. The molecule has 1 atom stereocenters. The Hall–Kier alpha value is -1.61. The first-order valence-electron chi connectivity index (χ1n) is 8.44. The van der Waals surface area contributed by atoms with Crippen LogP contribution in [-0.4, -0.2) is 49.7 Å². The van der Waals surface area contributed by atoms with E-state index in [4.69, 9.17) is 18.9 Å². The summed E-state index contributed by atoms with van der Waals surface area (Å²) in [6.07, 6.45) is 4.47. The summed E-state index contributed by atoms with van der Waals surface area (Å²) in [5.41, 5.74) is 0.708. The number of nitrogens with zero attached hydrogens (tertiary/aromatic N) is 1. The summed E-state index contributed by atoms with van der Waals surface area (Å²) in [5, 5.41) is 0. The van der Waals surface area contributed by atoms with Crippen molar-refractivity contribution in [1.29, 1.82) is 0 Å². The van der Waals surface area contributed by atoms with Crippen molar-refractivity contribution in [3.63, 3.8) is 0 Å². The fourth-order valence-electron chi connectivity index (χ4n) is 2.42. The highest BCUT2D eigenvalue weighted by atomic mass is 16.5. The molecule has 2 rings (SSSR count). The SMILES string of the molecule is COCC(C)OCC#Cc1ccc(OC2CC(OC(C)C)C2)cn1. The molecule has 1 fully saturated rings. The molecule has 1 heterocycles. The normalized spacial score (nSPS) is 20.9. The molecule has 0 bridgehead atoms. The minimum Gasteiger partial charge on any atom is -0.489 e. The quantitative estimate of drug-likeness (QED) is 0.685. The molecule has 1 aliphatic carbocycles. The Morgan fingerprint density at radius 3 is 2.62 bits per heavy atom. The first-order chi connectivity index (χ1) is 11.6. The molecule has 0 aliphatic heterocycles. The second-order valence-corrected chi connectivity index (χ2v) is 6.28. The molecule has 0 amide bonds.